The molecule has 1 fully saturated rings. The smallest absolute Gasteiger partial charge is 0.341 e. The van der Waals surface area contributed by atoms with Crippen LogP contribution in [0.15, 0.2) is 35.1 Å². The van der Waals surface area contributed by atoms with Crippen molar-refractivity contribution in [3.05, 3.63) is 51.8 Å². The van der Waals surface area contributed by atoms with Crippen LogP contribution >= 0.6 is 0 Å². The Labute approximate surface area is 147 Å². The monoisotopic (exact) mass is 340 g/mol. The Hall–Kier alpha value is -2.56. The topological polar surface area (TPSA) is 73.4 Å². The van der Waals surface area contributed by atoms with E-state index in [1.807, 2.05) is 43.3 Å². The first-order valence-corrected chi connectivity index (χ1v) is 8.75. The molecule has 3 rings (SSSR count). The van der Waals surface area contributed by atoms with Gasteiger partial charge in [0.15, 0.2) is 0 Å². The molecule has 5 heteroatoms. The Morgan fingerprint density at radius 2 is 1.76 bits per heavy atom. The van der Waals surface area contributed by atoms with Crippen LogP contribution in [0.3, 0.4) is 0 Å². The molecule has 1 heterocycles. The lowest BCUT2D eigenvalue weighted by Crippen LogP contribution is -2.21. The second-order valence-electron chi connectivity index (χ2n) is 6.92. The molecule has 1 aliphatic carbocycles. The van der Waals surface area contributed by atoms with Crippen LogP contribution in [0.25, 0.3) is 11.3 Å². The normalized spacial score (nSPS) is 15.1. The first kappa shape index (κ1) is 17.3. The molecule has 132 valence electrons. The van der Waals surface area contributed by atoms with Crippen molar-refractivity contribution >= 4 is 11.7 Å². The number of rotatable bonds is 4. The molecule has 1 aromatic heterocycles. The minimum atomic E-state index is -1.17. The zero-order valence-electron chi connectivity index (χ0n) is 14.7. The van der Waals surface area contributed by atoms with E-state index in [-0.39, 0.29) is 5.56 Å². The Morgan fingerprint density at radius 3 is 2.32 bits per heavy atom. The van der Waals surface area contributed by atoms with Crippen molar-refractivity contribution in [1.82, 2.24) is 4.98 Å². The minimum absolute atomic E-state index is 0.172. The summed E-state index contributed by atoms with van der Waals surface area (Å²) in [6.45, 7) is 0. The zero-order valence-corrected chi connectivity index (χ0v) is 14.7. The van der Waals surface area contributed by atoms with Crippen molar-refractivity contribution in [3.63, 3.8) is 0 Å². The van der Waals surface area contributed by atoms with Crippen molar-refractivity contribution in [2.45, 2.75) is 38.0 Å². The molecule has 0 amide bonds. The van der Waals surface area contributed by atoms with Gasteiger partial charge in [-0.2, -0.15) is 0 Å². The highest BCUT2D eigenvalue weighted by molar-refractivity contribution is 5.88. The second kappa shape index (κ2) is 7.13. The van der Waals surface area contributed by atoms with E-state index in [1.165, 1.54) is 6.42 Å². The molecule has 5 nitrogen and oxygen atoms in total. The standard InChI is InChI=1S/C20H24N2O3/c1-22(2)15-10-8-14(9-11-15)18-16(13-6-4-3-5-7-13)12-17(20(24)25)19(23)21-18/h8-13H,3-7H2,1-2H3,(H,21,23)(H,24,25). The van der Waals surface area contributed by atoms with Gasteiger partial charge in [-0.1, -0.05) is 31.4 Å². The van der Waals surface area contributed by atoms with Gasteiger partial charge < -0.3 is 15.0 Å². The number of hydrogen-bond donors (Lipinski definition) is 2. The largest absolute Gasteiger partial charge is 0.477 e. The average Bonchev–Trinajstić information content (AvgIpc) is 2.62. The molecular weight excluding hydrogens is 316 g/mol. The van der Waals surface area contributed by atoms with E-state index >= 15 is 0 Å². The molecule has 0 atom stereocenters. The molecule has 1 aliphatic rings. The summed E-state index contributed by atoms with van der Waals surface area (Å²) in [5.74, 6) is -0.875. The number of aromatic nitrogens is 1. The molecule has 0 aliphatic heterocycles. The SMILES string of the molecule is CN(C)c1ccc(-c2[nH]c(=O)c(C(=O)O)cc2C2CCCCC2)cc1. The van der Waals surface area contributed by atoms with Crippen molar-refractivity contribution in [1.29, 1.82) is 0 Å². The van der Waals surface area contributed by atoms with Crippen molar-refractivity contribution in [3.8, 4) is 11.3 Å². The van der Waals surface area contributed by atoms with Gasteiger partial charge in [-0.15, -0.1) is 0 Å². The van der Waals surface area contributed by atoms with Crippen molar-refractivity contribution in [2.75, 3.05) is 19.0 Å². The van der Waals surface area contributed by atoms with E-state index in [4.69, 9.17) is 0 Å². The Balaban J connectivity index is 2.11. The lowest BCUT2D eigenvalue weighted by molar-refractivity contribution is 0.0695. The van der Waals surface area contributed by atoms with E-state index in [0.717, 1.165) is 48.2 Å². The molecule has 1 saturated carbocycles. The van der Waals surface area contributed by atoms with Gasteiger partial charge in [0.1, 0.15) is 5.56 Å². The Morgan fingerprint density at radius 1 is 1.12 bits per heavy atom. The molecule has 0 unspecified atom stereocenters. The molecule has 0 radical (unpaired) electrons. The van der Waals surface area contributed by atoms with Crippen LogP contribution in [0.1, 0.15) is 53.9 Å². The fourth-order valence-corrected chi connectivity index (χ4v) is 3.61. The zero-order chi connectivity index (χ0) is 18.0. The minimum Gasteiger partial charge on any atom is -0.477 e. The number of benzene rings is 1. The number of nitrogens with one attached hydrogen (secondary N) is 1. The fraction of sp³-hybridized carbons (Fsp3) is 0.400. The number of nitrogens with zero attached hydrogens (tertiary/aromatic N) is 1. The number of carboxylic acid groups (broad SMARTS) is 1. The molecule has 0 bridgehead atoms. The maximum atomic E-state index is 12.2. The van der Waals surface area contributed by atoms with Crippen molar-refractivity contribution < 1.29 is 9.90 Å². The summed E-state index contributed by atoms with van der Waals surface area (Å²) in [6.07, 6.45) is 5.58. The summed E-state index contributed by atoms with van der Waals surface area (Å²) < 4.78 is 0. The van der Waals surface area contributed by atoms with E-state index in [2.05, 4.69) is 4.98 Å². The van der Waals surface area contributed by atoms with Gasteiger partial charge in [0.2, 0.25) is 0 Å². The molecule has 0 saturated heterocycles. The van der Waals surface area contributed by atoms with Gasteiger partial charge in [0.25, 0.3) is 5.56 Å². The predicted molar refractivity (Wildman–Crippen MR) is 99.6 cm³/mol. The number of aromatic carboxylic acids is 1. The highest BCUT2D eigenvalue weighted by atomic mass is 16.4. The number of carbonyl (C=O) groups is 1. The van der Waals surface area contributed by atoms with Crippen molar-refractivity contribution in [2.24, 2.45) is 0 Å². The number of hydrogen-bond acceptors (Lipinski definition) is 3. The quantitative estimate of drug-likeness (QED) is 0.886. The first-order chi connectivity index (χ1) is 12.0. The van der Waals surface area contributed by atoms with Gasteiger partial charge in [-0.05, 0) is 48.1 Å². The lowest BCUT2D eigenvalue weighted by Gasteiger charge is -2.24. The number of carboxylic acids is 1. The summed E-state index contributed by atoms with van der Waals surface area (Å²) in [5, 5.41) is 9.32. The summed E-state index contributed by atoms with van der Waals surface area (Å²) in [6, 6.07) is 9.56. The average molecular weight is 340 g/mol. The van der Waals surface area contributed by atoms with Crippen LogP contribution in [-0.2, 0) is 0 Å². The molecule has 25 heavy (non-hydrogen) atoms. The summed E-state index contributed by atoms with van der Waals surface area (Å²) in [4.78, 5) is 28.5. The lowest BCUT2D eigenvalue weighted by atomic mass is 9.82. The number of anilines is 1. The highest BCUT2D eigenvalue weighted by Crippen LogP contribution is 2.37. The van der Waals surface area contributed by atoms with Gasteiger partial charge in [-0.25, -0.2) is 4.79 Å². The Bertz CT molecular complexity index is 816. The fourth-order valence-electron chi connectivity index (χ4n) is 3.61. The van der Waals surface area contributed by atoms with Crippen LogP contribution < -0.4 is 10.5 Å². The van der Waals surface area contributed by atoms with E-state index in [1.54, 1.807) is 6.07 Å². The summed E-state index contributed by atoms with van der Waals surface area (Å²) in [5.41, 5.74) is 2.99. The number of pyridine rings is 1. The summed E-state index contributed by atoms with van der Waals surface area (Å²) in [7, 11) is 3.96. The van der Waals surface area contributed by atoms with E-state index in [0.29, 0.717) is 5.92 Å². The molecule has 1 aromatic carbocycles. The van der Waals surface area contributed by atoms with Gasteiger partial charge >= 0.3 is 5.97 Å². The predicted octanol–water partition coefficient (Wildman–Crippen LogP) is 3.85. The third-order valence-electron chi connectivity index (χ3n) is 5.02. The summed E-state index contributed by atoms with van der Waals surface area (Å²) >= 11 is 0. The van der Waals surface area contributed by atoms with Gasteiger partial charge in [0.05, 0.1) is 5.69 Å². The van der Waals surface area contributed by atoms with E-state index < -0.39 is 11.5 Å². The molecular formula is C20H24N2O3. The van der Waals surface area contributed by atoms with Gasteiger partial charge in [-0.3, -0.25) is 4.79 Å². The first-order valence-electron chi connectivity index (χ1n) is 8.75. The van der Waals surface area contributed by atoms with Crippen LogP contribution in [0.2, 0.25) is 0 Å². The highest BCUT2D eigenvalue weighted by Gasteiger charge is 2.23. The molecule has 2 N–H and O–H groups in total. The molecule has 0 spiro atoms. The Kier molecular flexibility index (Phi) is 4.93. The maximum absolute atomic E-state index is 12.2. The van der Waals surface area contributed by atoms with Crippen LogP contribution in [0, 0.1) is 0 Å². The second-order valence-corrected chi connectivity index (χ2v) is 6.92. The molecule has 2 aromatic rings. The van der Waals surface area contributed by atoms with E-state index in [9.17, 15) is 14.7 Å². The number of H-pyrrole nitrogens is 1. The van der Waals surface area contributed by atoms with Crippen LogP contribution in [0.4, 0.5) is 5.69 Å². The third-order valence-corrected chi connectivity index (χ3v) is 5.02. The number of aromatic amines is 1. The van der Waals surface area contributed by atoms with Gasteiger partial charge in [0, 0.05) is 19.8 Å². The van der Waals surface area contributed by atoms with Crippen LogP contribution in [-0.4, -0.2) is 30.2 Å². The third kappa shape index (κ3) is 3.60. The maximum Gasteiger partial charge on any atom is 0.341 e. The van der Waals surface area contributed by atoms with Crippen LogP contribution in [0.5, 0.6) is 0 Å².